The highest BCUT2D eigenvalue weighted by atomic mass is 32.1. The van der Waals surface area contributed by atoms with E-state index in [4.69, 9.17) is 4.42 Å². The Balaban J connectivity index is 1.54. The molecule has 0 radical (unpaired) electrons. The molecule has 3 heterocycles. The number of aromatic nitrogens is 3. The van der Waals surface area contributed by atoms with Crippen LogP contribution in [0.2, 0.25) is 0 Å². The summed E-state index contributed by atoms with van der Waals surface area (Å²) >= 11 is 1.55. The van der Waals surface area contributed by atoms with Crippen LogP contribution in [0.5, 0.6) is 0 Å². The predicted octanol–water partition coefficient (Wildman–Crippen LogP) is 3.56. The topological polar surface area (TPSA) is 64.2 Å². The zero-order valence-electron chi connectivity index (χ0n) is 13.8. The lowest BCUT2D eigenvalue weighted by molar-refractivity contribution is 0.0754. The third kappa shape index (κ3) is 3.06. The fourth-order valence-electron chi connectivity index (χ4n) is 2.63. The summed E-state index contributed by atoms with van der Waals surface area (Å²) in [7, 11) is 3.59. The number of furan rings is 1. The summed E-state index contributed by atoms with van der Waals surface area (Å²) in [5.41, 5.74) is 1.90. The molecule has 1 amide bonds. The molecule has 126 valence electrons. The van der Waals surface area contributed by atoms with E-state index >= 15 is 0 Å². The van der Waals surface area contributed by atoms with Gasteiger partial charge in [-0.05, 0) is 24.3 Å². The summed E-state index contributed by atoms with van der Waals surface area (Å²) in [4.78, 5) is 18.7. The van der Waals surface area contributed by atoms with Crippen molar-refractivity contribution in [3.8, 4) is 10.8 Å². The number of rotatable bonds is 4. The minimum Gasteiger partial charge on any atom is -0.448 e. The van der Waals surface area contributed by atoms with Crippen molar-refractivity contribution in [2.75, 3.05) is 7.05 Å². The van der Waals surface area contributed by atoms with E-state index in [0.29, 0.717) is 18.1 Å². The summed E-state index contributed by atoms with van der Waals surface area (Å²) in [5, 5.41) is 4.89. The second-order valence-corrected chi connectivity index (χ2v) is 6.86. The molecule has 0 bridgehead atoms. The molecule has 6 nitrogen and oxygen atoms in total. The first kappa shape index (κ1) is 15.6. The Bertz CT molecular complexity index is 1010. The predicted molar refractivity (Wildman–Crippen MR) is 96.3 cm³/mol. The van der Waals surface area contributed by atoms with Crippen LogP contribution in [-0.2, 0) is 13.6 Å². The van der Waals surface area contributed by atoms with Gasteiger partial charge in [0.1, 0.15) is 0 Å². The molecule has 0 atom stereocenters. The average molecular weight is 352 g/mol. The molecule has 0 N–H and O–H groups in total. The van der Waals surface area contributed by atoms with Crippen molar-refractivity contribution in [1.29, 1.82) is 0 Å². The number of fused-ring (bicyclic) bond motifs is 1. The van der Waals surface area contributed by atoms with Gasteiger partial charge in [0.25, 0.3) is 5.91 Å². The number of carbonyl (C=O) groups is 1. The maximum atomic E-state index is 12.6. The molecule has 3 aromatic heterocycles. The molecule has 25 heavy (non-hydrogen) atoms. The molecule has 0 unspecified atom stereocenters. The molecule has 0 saturated carbocycles. The number of hydrogen-bond donors (Lipinski definition) is 0. The number of amides is 1. The monoisotopic (exact) mass is 352 g/mol. The van der Waals surface area contributed by atoms with Crippen molar-refractivity contribution in [1.82, 2.24) is 19.7 Å². The van der Waals surface area contributed by atoms with Gasteiger partial charge in [0, 0.05) is 32.4 Å². The molecule has 4 aromatic rings. The van der Waals surface area contributed by atoms with Crippen molar-refractivity contribution in [3.63, 3.8) is 0 Å². The van der Waals surface area contributed by atoms with Crippen molar-refractivity contribution in [2.45, 2.75) is 6.54 Å². The minimum absolute atomic E-state index is 0.170. The maximum absolute atomic E-state index is 12.6. The highest BCUT2D eigenvalue weighted by molar-refractivity contribution is 7.21. The van der Waals surface area contributed by atoms with Crippen LogP contribution in [-0.4, -0.2) is 32.6 Å². The number of benzene rings is 1. The van der Waals surface area contributed by atoms with Crippen LogP contribution in [0.3, 0.4) is 0 Å². The van der Waals surface area contributed by atoms with E-state index in [1.54, 1.807) is 46.3 Å². The van der Waals surface area contributed by atoms with Gasteiger partial charge in [-0.2, -0.15) is 5.10 Å². The number of nitrogens with zero attached hydrogens (tertiary/aromatic N) is 4. The Labute approximate surface area is 148 Å². The zero-order chi connectivity index (χ0) is 17.4. The van der Waals surface area contributed by atoms with Gasteiger partial charge in [0.2, 0.25) is 0 Å². The second kappa shape index (κ2) is 6.18. The molecular weight excluding hydrogens is 336 g/mol. The lowest BCUT2D eigenvalue weighted by Gasteiger charge is -2.14. The molecular formula is C18H16N4O2S. The fourth-order valence-corrected chi connectivity index (χ4v) is 3.56. The summed E-state index contributed by atoms with van der Waals surface area (Å²) in [6.45, 7) is 0.476. The summed E-state index contributed by atoms with van der Waals surface area (Å²) in [6, 6.07) is 11.4. The van der Waals surface area contributed by atoms with E-state index in [1.807, 2.05) is 37.5 Å². The van der Waals surface area contributed by atoms with Crippen LogP contribution in [0.1, 0.15) is 16.1 Å². The van der Waals surface area contributed by atoms with Crippen LogP contribution in [0, 0.1) is 0 Å². The third-order valence-corrected chi connectivity index (χ3v) is 4.90. The Kier molecular flexibility index (Phi) is 3.85. The Morgan fingerprint density at radius 1 is 1.28 bits per heavy atom. The largest absolute Gasteiger partial charge is 0.448 e. The van der Waals surface area contributed by atoms with Gasteiger partial charge in [-0.15, -0.1) is 11.3 Å². The normalized spacial score (nSPS) is 11.1. The van der Waals surface area contributed by atoms with Crippen LogP contribution in [0.4, 0.5) is 0 Å². The smallest absolute Gasteiger partial charge is 0.289 e. The minimum atomic E-state index is -0.170. The van der Waals surface area contributed by atoms with Gasteiger partial charge in [-0.25, -0.2) is 4.98 Å². The molecule has 0 aliphatic heterocycles. The van der Waals surface area contributed by atoms with E-state index in [1.165, 1.54) is 0 Å². The summed E-state index contributed by atoms with van der Waals surface area (Å²) in [5.74, 6) is 0.746. The molecule has 1 aromatic carbocycles. The number of hydrogen-bond acceptors (Lipinski definition) is 5. The number of aryl methyl sites for hydroxylation is 1. The molecule has 7 heteroatoms. The van der Waals surface area contributed by atoms with E-state index in [2.05, 4.69) is 10.1 Å². The molecule has 0 aliphatic rings. The molecule has 0 aliphatic carbocycles. The Hall–Kier alpha value is -2.93. The number of carbonyl (C=O) groups excluding carboxylic acids is 1. The summed E-state index contributed by atoms with van der Waals surface area (Å²) in [6.07, 6.45) is 3.64. The number of thiazole rings is 1. The highest BCUT2D eigenvalue weighted by Gasteiger charge is 2.18. The van der Waals surface area contributed by atoms with Gasteiger partial charge in [-0.1, -0.05) is 12.1 Å². The van der Waals surface area contributed by atoms with Gasteiger partial charge >= 0.3 is 0 Å². The van der Waals surface area contributed by atoms with Crippen LogP contribution >= 0.6 is 11.3 Å². The Morgan fingerprint density at radius 2 is 2.12 bits per heavy atom. The lowest BCUT2D eigenvalue weighted by Crippen LogP contribution is -2.25. The zero-order valence-corrected chi connectivity index (χ0v) is 14.7. The van der Waals surface area contributed by atoms with Crippen molar-refractivity contribution in [2.24, 2.45) is 7.05 Å². The quantitative estimate of drug-likeness (QED) is 0.563. The average Bonchev–Trinajstić information content (AvgIpc) is 3.32. The van der Waals surface area contributed by atoms with Crippen molar-refractivity contribution < 1.29 is 9.21 Å². The molecule has 0 fully saturated rings. The second-order valence-electron chi connectivity index (χ2n) is 5.83. The third-order valence-electron chi connectivity index (χ3n) is 3.85. The standard InChI is InChI=1S/C18H16N4O2S/c1-21(10-12-9-19-22(2)11-12)18(23)15-8-7-14(24-15)17-20-13-5-3-4-6-16(13)25-17/h3-9,11H,10H2,1-2H3. The van der Waals surface area contributed by atoms with E-state index in [9.17, 15) is 4.79 Å². The van der Waals surface area contributed by atoms with Crippen LogP contribution < -0.4 is 0 Å². The Morgan fingerprint density at radius 3 is 2.88 bits per heavy atom. The van der Waals surface area contributed by atoms with Gasteiger partial charge < -0.3 is 9.32 Å². The maximum Gasteiger partial charge on any atom is 0.289 e. The van der Waals surface area contributed by atoms with Gasteiger partial charge in [-0.3, -0.25) is 9.48 Å². The molecule has 0 spiro atoms. The molecule has 0 saturated heterocycles. The summed E-state index contributed by atoms with van der Waals surface area (Å²) < 4.78 is 8.57. The van der Waals surface area contributed by atoms with Crippen molar-refractivity contribution >= 4 is 27.5 Å². The lowest BCUT2D eigenvalue weighted by atomic mass is 10.3. The highest BCUT2D eigenvalue weighted by Crippen LogP contribution is 2.31. The SMILES string of the molecule is CN(Cc1cnn(C)c1)C(=O)c1ccc(-c2nc3ccccc3s2)o1. The first-order chi connectivity index (χ1) is 12.1. The van der Waals surface area contributed by atoms with E-state index in [0.717, 1.165) is 20.8 Å². The van der Waals surface area contributed by atoms with Crippen LogP contribution in [0.25, 0.3) is 21.0 Å². The van der Waals surface area contributed by atoms with Gasteiger partial charge in [0.05, 0.1) is 16.4 Å². The first-order valence-corrected chi connectivity index (χ1v) is 8.60. The number of para-hydroxylation sites is 1. The van der Waals surface area contributed by atoms with Crippen LogP contribution in [0.15, 0.2) is 53.2 Å². The van der Waals surface area contributed by atoms with E-state index in [-0.39, 0.29) is 5.91 Å². The van der Waals surface area contributed by atoms with Crippen molar-refractivity contribution in [3.05, 3.63) is 60.1 Å². The fraction of sp³-hybridized carbons (Fsp3) is 0.167. The van der Waals surface area contributed by atoms with Gasteiger partial charge in [0.15, 0.2) is 16.5 Å². The first-order valence-electron chi connectivity index (χ1n) is 7.79. The molecule has 4 rings (SSSR count). The van der Waals surface area contributed by atoms with E-state index < -0.39 is 0 Å².